The van der Waals surface area contributed by atoms with Gasteiger partial charge in [0.2, 0.25) is 5.82 Å². The van der Waals surface area contributed by atoms with Gasteiger partial charge in [-0.25, -0.2) is 9.55 Å². The van der Waals surface area contributed by atoms with Crippen molar-refractivity contribution in [3.05, 3.63) is 22.1 Å². The molecule has 0 spiro atoms. The van der Waals surface area contributed by atoms with Crippen molar-refractivity contribution in [2.24, 2.45) is 7.05 Å². The maximum Gasteiger partial charge on any atom is 0.342 e. The Kier molecular flexibility index (Phi) is 2.84. The van der Waals surface area contributed by atoms with E-state index in [4.69, 9.17) is 0 Å². The Morgan fingerprint density at radius 1 is 1.75 bits per heavy atom. The van der Waals surface area contributed by atoms with E-state index in [1.165, 1.54) is 10.8 Å². The number of halogens is 2. The highest BCUT2D eigenvalue weighted by Crippen LogP contribution is 2.29. The number of alkyl halides is 2. The number of hydrogen-bond acceptors (Lipinski definition) is 3. The molecule has 5 nitrogen and oxygen atoms in total. The second-order valence-electron chi connectivity index (χ2n) is 2.09. The Balaban J connectivity index is 3.13. The van der Waals surface area contributed by atoms with Crippen LogP contribution in [0.5, 0.6) is 0 Å². The van der Waals surface area contributed by atoms with E-state index in [-0.39, 0.29) is 9.55 Å². The standard InChI is InChI=1S/C5H5Br2N3O2/c1-9-3(10(11)12)2-8-5(9)4(6)7/h2,4H,1H3. The van der Waals surface area contributed by atoms with Crippen molar-refractivity contribution in [2.75, 3.05) is 0 Å². The third-order valence-electron chi connectivity index (χ3n) is 1.38. The third kappa shape index (κ3) is 1.66. The van der Waals surface area contributed by atoms with Crippen molar-refractivity contribution >= 4 is 37.7 Å². The quantitative estimate of drug-likeness (QED) is 0.477. The van der Waals surface area contributed by atoms with E-state index in [1.54, 1.807) is 7.05 Å². The molecule has 12 heavy (non-hydrogen) atoms. The zero-order chi connectivity index (χ0) is 9.30. The highest BCUT2D eigenvalue weighted by atomic mass is 79.9. The molecule has 0 saturated heterocycles. The summed E-state index contributed by atoms with van der Waals surface area (Å²) in [6.07, 6.45) is 1.23. The minimum absolute atomic E-state index is 0.0195. The van der Waals surface area contributed by atoms with Crippen molar-refractivity contribution in [3.63, 3.8) is 0 Å². The topological polar surface area (TPSA) is 61.0 Å². The van der Waals surface area contributed by atoms with Gasteiger partial charge in [0.15, 0.2) is 0 Å². The summed E-state index contributed by atoms with van der Waals surface area (Å²) in [6.45, 7) is 0. The van der Waals surface area contributed by atoms with Crippen molar-refractivity contribution in [1.82, 2.24) is 9.55 Å². The molecule has 1 rings (SSSR count). The van der Waals surface area contributed by atoms with Crippen LogP contribution in [0.25, 0.3) is 0 Å². The molecular formula is C5H5Br2N3O2. The average Bonchev–Trinajstić information content (AvgIpc) is 2.30. The first kappa shape index (κ1) is 9.66. The first-order valence-electron chi connectivity index (χ1n) is 2.98. The van der Waals surface area contributed by atoms with E-state index in [2.05, 4.69) is 36.8 Å². The molecule has 0 atom stereocenters. The molecule has 66 valence electrons. The Morgan fingerprint density at radius 3 is 2.58 bits per heavy atom. The van der Waals surface area contributed by atoms with Crippen LogP contribution in [-0.2, 0) is 7.05 Å². The van der Waals surface area contributed by atoms with Crippen LogP contribution in [0.1, 0.15) is 9.56 Å². The molecule has 0 unspecified atom stereocenters. The van der Waals surface area contributed by atoms with E-state index >= 15 is 0 Å². The Hall–Kier alpha value is -0.430. The van der Waals surface area contributed by atoms with Gasteiger partial charge in [0.05, 0.1) is 7.05 Å². The lowest BCUT2D eigenvalue weighted by atomic mass is 10.7. The predicted molar refractivity (Wildman–Crippen MR) is 50.5 cm³/mol. The van der Waals surface area contributed by atoms with E-state index in [0.29, 0.717) is 5.82 Å². The lowest BCUT2D eigenvalue weighted by Gasteiger charge is -1.97. The molecule has 0 radical (unpaired) electrons. The van der Waals surface area contributed by atoms with E-state index in [9.17, 15) is 10.1 Å². The fourth-order valence-electron chi connectivity index (χ4n) is 0.787. The smallest absolute Gasteiger partial charge is 0.342 e. The molecule has 0 fully saturated rings. The Bertz CT molecular complexity index is 310. The summed E-state index contributed by atoms with van der Waals surface area (Å²) in [6, 6.07) is 0. The molecule has 1 aromatic rings. The molecule has 0 N–H and O–H groups in total. The fourth-order valence-corrected chi connectivity index (χ4v) is 1.64. The lowest BCUT2D eigenvalue weighted by Crippen LogP contribution is -2.00. The Morgan fingerprint density at radius 2 is 2.33 bits per heavy atom. The van der Waals surface area contributed by atoms with Crippen molar-refractivity contribution in [1.29, 1.82) is 0 Å². The maximum atomic E-state index is 10.4. The van der Waals surface area contributed by atoms with Crippen molar-refractivity contribution in [2.45, 2.75) is 3.74 Å². The minimum Gasteiger partial charge on any atom is -0.358 e. The van der Waals surface area contributed by atoms with Crippen LogP contribution in [0.4, 0.5) is 5.82 Å². The average molecular weight is 299 g/mol. The number of rotatable bonds is 2. The predicted octanol–water partition coefficient (Wildman–Crippen LogP) is 2.12. The van der Waals surface area contributed by atoms with Crippen LogP contribution in [-0.4, -0.2) is 14.5 Å². The van der Waals surface area contributed by atoms with E-state index < -0.39 is 4.92 Å². The first-order chi connectivity index (χ1) is 5.54. The fraction of sp³-hybridized carbons (Fsp3) is 0.400. The van der Waals surface area contributed by atoms with Gasteiger partial charge in [-0.3, -0.25) is 0 Å². The summed E-state index contributed by atoms with van der Waals surface area (Å²) in [5, 5.41) is 10.4. The highest BCUT2D eigenvalue weighted by Gasteiger charge is 2.20. The summed E-state index contributed by atoms with van der Waals surface area (Å²) in [5.41, 5.74) is 0. The molecule has 1 aromatic heterocycles. The van der Waals surface area contributed by atoms with Gasteiger partial charge in [0.1, 0.15) is 9.93 Å². The molecule has 0 saturated carbocycles. The van der Waals surface area contributed by atoms with Crippen LogP contribution < -0.4 is 0 Å². The minimum atomic E-state index is -0.473. The lowest BCUT2D eigenvalue weighted by molar-refractivity contribution is -0.391. The number of nitrogens with zero attached hydrogens (tertiary/aromatic N) is 3. The second kappa shape index (κ2) is 3.53. The molecular weight excluding hydrogens is 294 g/mol. The van der Waals surface area contributed by atoms with Gasteiger partial charge in [0.25, 0.3) is 0 Å². The van der Waals surface area contributed by atoms with Gasteiger partial charge >= 0.3 is 5.82 Å². The molecule has 1 heterocycles. The molecule has 0 aromatic carbocycles. The van der Waals surface area contributed by atoms with Crippen LogP contribution in [0, 0.1) is 10.1 Å². The highest BCUT2D eigenvalue weighted by molar-refractivity contribution is 9.24. The molecule has 0 aliphatic heterocycles. The largest absolute Gasteiger partial charge is 0.358 e. The first-order valence-corrected chi connectivity index (χ1v) is 4.81. The summed E-state index contributed by atoms with van der Waals surface area (Å²) in [5.74, 6) is 0.551. The van der Waals surface area contributed by atoms with Crippen LogP contribution in [0.15, 0.2) is 6.20 Å². The van der Waals surface area contributed by atoms with Gasteiger partial charge in [-0.1, -0.05) is 31.9 Å². The number of aromatic nitrogens is 2. The van der Waals surface area contributed by atoms with Gasteiger partial charge in [-0.2, -0.15) is 0 Å². The van der Waals surface area contributed by atoms with Crippen LogP contribution in [0.3, 0.4) is 0 Å². The SMILES string of the molecule is Cn1c([N+](=O)[O-])cnc1C(Br)Br. The summed E-state index contributed by atoms with van der Waals surface area (Å²) < 4.78 is 1.25. The molecule has 7 heteroatoms. The second-order valence-corrected chi connectivity index (χ2v) is 5.15. The summed E-state index contributed by atoms with van der Waals surface area (Å²) in [4.78, 5) is 13.8. The van der Waals surface area contributed by atoms with Crippen LogP contribution >= 0.6 is 31.9 Å². The summed E-state index contributed by atoms with van der Waals surface area (Å²) >= 11 is 6.41. The van der Waals surface area contributed by atoms with E-state index in [0.717, 1.165) is 0 Å². The Labute approximate surface area is 85.2 Å². The van der Waals surface area contributed by atoms with Gasteiger partial charge in [-0.15, -0.1) is 0 Å². The molecule has 0 aliphatic rings. The number of nitro groups is 1. The van der Waals surface area contributed by atoms with Crippen molar-refractivity contribution in [3.8, 4) is 0 Å². The molecule has 0 aliphatic carbocycles. The van der Waals surface area contributed by atoms with Gasteiger partial charge < -0.3 is 10.1 Å². The van der Waals surface area contributed by atoms with Crippen molar-refractivity contribution < 1.29 is 4.92 Å². The third-order valence-corrected chi connectivity index (χ3v) is 2.20. The van der Waals surface area contributed by atoms with Gasteiger partial charge in [0, 0.05) is 0 Å². The normalized spacial score (nSPS) is 10.7. The molecule has 0 amide bonds. The van der Waals surface area contributed by atoms with Crippen LogP contribution in [0.2, 0.25) is 0 Å². The zero-order valence-electron chi connectivity index (χ0n) is 6.07. The van der Waals surface area contributed by atoms with E-state index in [1.807, 2.05) is 0 Å². The zero-order valence-corrected chi connectivity index (χ0v) is 9.24. The summed E-state index contributed by atoms with van der Waals surface area (Å²) in [7, 11) is 1.59. The maximum absolute atomic E-state index is 10.4. The monoisotopic (exact) mass is 297 g/mol. The number of hydrogen-bond donors (Lipinski definition) is 0. The molecule has 0 bridgehead atoms. The number of imidazole rings is 1. The van der Waals surface area contributed by atoms with Gasteiger partial charge in [-0.05, 0) is 4.92 Å².